The highest BCUT2D eigenvalue weighted by Crippen LogP contribution is 2.24. The van der Waals surface area contributed by atoms with Gasteiger partial charge in [0.1, 0.15) is 5.72 Å². The monoisotopic (exact) mass is 102 g/mol. The molecule has 5 N–H and O–H groups in total. The molecule has 0 atom stereocenters. The van der Waals surface area contributed by atoms with Gasteiger partial charge < -0.3 is 16.6 Å². The van der Waals surface area contributed by atoms with Gasteiger partial charge in [-0.2, -0.15) is 0 Å². The van der Waals surface area contributed by atoms with E-state index in [-0.39, 0.29) is 6.04 Å². The summed E-state index contributed by atoms with van der Waals surface area (Å²) >= 11 is 0. The van der Waals surface area contributed by atoms with Crippen LogP contribution < -0.4 is 11.5 Å². The standard InChI is InChI=1S/C4H10N2O/c5-3-1-4(6,7)2-3/h3,7H,1-2,5-6H2. The largest absolute Gasteiger partial charge is 0.376 e. The molecule has 0 radical (unpaired) electrons. The average Bonchev–Trinajstić information content (AvgIpc) is 1.27. The van der Waals surface area contributed by atoms with Crippen molar-refractivity contribution in [2.75, 3.05) is 0 Å². The number of hydrogen-bond acceptors (Lipinski definition) is 3. The number of hydrogen-bond donors (Lipinski definition) is 3. The zero-order valence-corrected chi connectivity index (χ0v) is 4.09. The minimum absolute atomic E-state index is 0.134. The van der Waals surface area contributed by atoms with Crippen LogP contribution in [0.4, 0.5) is 0 Å². The normalized spacial score (nSPS) is 51.0. The molecule has 0 aromatic carbocycles. The fourth-order valence-electron chi connectivity index (χ4n) is 0.848. The predicted octanol–water partition coefficient (Wildman–Crippen LogP) is -1.25. The maximum atomic E-state index is 8.78. The molecule has 0 amide bonds. The average molecular weight is 102 g/mol. The first-order valence-electron chi connectivity index (χ1n) is 2.37. The van der Waals surface area contributed by atoms with Gasteiger partial charge in [0.05, 0.1) is 0 Å². The Morgan fingerprint density at radius 1 is 1.57 bits per heavy atom. The minimum Gasteiger partial charge on any atom is -0.376 e. The molecule has 3 heteroatoms. The molecule has 1 rings (SSSR count). The third-order valence-electron chi connectivity index (χ3n) is 1.23. The molecule has 0 saturated heterocycles. The van der Waals surface area contributed by atoms with Crippen LogP contribution in [0.1, 0.15) is 12.8 Å². The summed E-state index contributed by atoms with van der Waals surface area (Å²) in [6.07, 6.45) is 1.10. The van der Waals surface area contributed by atoms with E-state index < -0.39 is 5.72 Å². The van der Waals surface area contributed by atoms with Crippen molar-refractivity contribution in [1.29, 1.82) is 0 Å². The zero-order chi connectivity index (χ0) is 5.49. The van der Waals surface area contributed by atoms with Gasteiger partial charge in [0, 0.05) is 18.9 Å². The van der Waals surface area contributed by atoms with Gasteiger partial charge in [0.2, 0.25) is 0 Å². The molecule has 7 heavy (non-hydrogen) atoms. The Labute approximate surface area is 42.3 Å². The molecule has 1 saturated carbocycles. The summed E-state index contributed by atoms with van der Waals surface area (Å²) in [4.78, 5) is 0. The van der Waals surface area contributed by atoms with E-state index in [2.05, 4.69) is 0 Å². The molecule has 1 aliphatic carbocycles. The fourth-order valence-corrected chi connectivity index (χ4v) is 0.848. The van der Waals surface area contributed by atoms with Gasteiger partial charge >= 0.3 is 0 Å². The number of rotatable bonds is 0. The summed E-state index contributed by atoms with van der Waals surface area (Å²) in [6, 6.07) is 0.134. The Hall–Kier alpha value is -0.120. The predicted molar refractivity (Wildman–Crippen MR) is 26.3 cm³/mol. The van der Waals surface area contributed by atoms with E-state index in [9.17, 15) is 0 Å². The Morgan fingerprint density at radius 2 is 2.00 bits per heavy atom. The van der Waals surface area contributed by atoms with Gasteiger partial charge in [0.25, 0.3) is 0 Å². The summed E-state index contributed by atoms with van der Waals surface area (Å²) < 4.78 is 0. The Morgan fingerprint density at radius 3 is 2.00 bits per heavy atom. The molecule has 1 aliphatic rings. The van der Waals surface area contributed by atoms with E-state index in [1.54, 1.807) is 0 Å². The molecule has 0 aliphatic heterocycles. The Kier molecular flexibility index (Phi) is 0.849. The number of aliphatic hydroxyl groups is 1. The van der Waals surface area contributed by atoms with Gasteiger partial charge in [-0.15, -0.1) is 0 Å². The van der Waals surface area contributed by atoms with Crippen molar-refractivity contribution >= 4 is 0 Å². The highest BCUT2D eigenvalue weighted by molar-refractivity contribution is 4.91. The second-order valence-corrected chi connectivity index (χ2v) is 2.27. The van der Waals surface area contributed by atoms with Crippen molar-refractivity contribution in [3.05, 3.63) is 0 Å². The Bertz CT molecular complexity index is 73.8. The van der Waals surface area contributed by atoms with E-state index in [0.717, 1.165) is 0 Å². The van der Waals surface area contributed by atoms with Gasteiger partial charge in [-0.25, -0.2) is 0 Å². The van der Waals surface area contributed by atoms with Crippen molar-refractivity contribution in [3.8, 4) is 0 Å². The number of nitrogens with two attached hydrogens (primary N) is 2. The highest BCUT2D eigenvalue weighted by atomic mass is 16.3. The molecule has 0 unspecified atom stereocenters. The van der Waals surface area contributed by atoms with Crippen LogP contribution in [-0.2, 0) is 0 Å². The third-order valence-corrected chi connectivity index (χ3v) is 1.23. The van der Waals surface area contributed by atoms with Crippen LogP contribution in [-0.4, -0.2) is 16.9 Å². The lowest BCUT2D eigenvalue weighted by Gasteiger charge is -2.37. The lowest BCUT2D eigenvalue weighted by atomic mass is 9.84. The minimum atomic E-state index is -0.931. The second kappa shape index (κ2) is 1.18. The summed E-state index contributed by atoms with van der Waals surface area (Å²) in [6.45, 7) is 0. The van der Waals surface area contributed by atoms with Crippen molar-refractivity contribution in [2.45, 2.75) is 24.6 Å². The van der Waals surface area contributed by atoms with E-state index in [0.29, 0.717) is 12.8 Å². The lowest BCUT2D eigenvalue weighted by molar-refractivity contribution is -0.0403. The molecule has 3 nitrogen and oxygen atoms in total. The molecule has 1 fully saturated rings. The van der Waals surface area contributed by atoms with Crippen LogP contribution in [0.25, 0.3) is 0 Å². The van der Waals surface area contributed by atoms with Gasteiger partial charge in [0.15, 0.2) is 0 Å². The van der Waals surface area contributed by atoms with Crippen molar-refractivity contribution in [1.82, 2.24) is 0 Å². The van der Waals surface area contributed by atoms with Gasteiger partial charge in [-0.1, -0.05) is 0 Å². The van der Waals surface area contributed by atoms with Gasteiger partial charge in [-0.3, -0.25) is 0 Å². The molecule has 0 heterocycles. The van der Waals surface area contributed by atoms with E-state index in [1.807, 2.05) is 0 Å². The summed E-state index contributed by atoms with van der Waals surface area (Å²) in [5.41, 5.74) is 9.57. The van der Waals surface area contributed by atoms with Crippen molar-refractivity contribution < 1.29 is 5.11 Å². The molecule has 0 bridgehead atoms. The SMILES string of the molecule is NC1CC(N)(O)C1. The summed E-state index contributed by atoms with van der Waals surface area (Å²) in [7, 11) is 0. The van der Waals surface area contributed by atoms with Crippen LogP contribution in [0, 0.1) is 0 Å². The van der Waals surface area contributed by atoms with Gasteiger partial charge in [-0.05, 0) is 0 Å². The van der Waals surface area contributed by atoms with Crippen LogP contribution in [0.5, 0.6) is 0 Å². The maximum absolute atomic E-state index is 8.78. The van der Waals surface area contributed by atoms with Crippen LogP contribution in [0.2, 0.25) is 0 Å². The van der Waals surface area contributed by atoms with Crippen molar-refractivity contribution in [2.24, 2.45) is 11.5 Å². The van der Waals surface area contributed by atoms with E-state index >= 15 is 0 Å². The smallest absolute Gasteiger partial charge is 0.116 e. The molecule has 42 valence electrons. The quantitative estimate of drug-likeness (QED) is 0.335. The van der Waals surface area contributed by atoms with E-state index in [4.69, 9.17) is 16.6 Å². The molecule has 0 aromatic rings. The summed E-state index contributed by atoms with van der Waals surface area (Å²) in [5.74, 6) is 0. The maximum Gasteiger partial charge on any atom is 0.116 e. The van der Waals surface area contributed by atoms with Crippen molar-refractivity contribution in [3.63, 3.8) is 0 Å². The Balaban J connectivity index is 2.29. The fraction of sp³-hybridized carbons (Fsp3) is 1.00. The zero-order valence-electron chi connectivity index (χ0n) is 4.09. The summed E-state index contributed by atoms with van der Waals surface area (Å²) in [5, 5.41) is 8.78. The molecular formula is C4H10N2O. The first-order chi connectivity index (χ1) is 3.10. The molecule has 0 aromatic heterocycles. The first kappa shape index (κ1) is 5.03. The van der Waals surface area contributed by atoms with E-state index in [1.165, 1.54) is 0 Å². The lowest BCUT2D eigenvalue weighted by Crippen LogP contribution is -2.57. The van der Waals surface area contributed by atoms with Crippen LogP contribution in [0.15, 0.2) is 0 Å². The third kappa shape index (κ3) is 0.907. The first-order valence-corrected chi connectivity index (χ1v) is 2.37. The molecular weight excluding hydrogens is 92.1 g/mol. The van der Waals surface area contributed by atoms with Crippen LogP contribution >= 0.6 is 0 Å². The highest BCUT2D eigenvalue weighted by Gasteiger charge is 2.36. The molecule has 0 spiro atoms. The second-order valence-electron chi connectivity index (χ2n) is 2.27. The topological polar surface area (TPSA) is 72.3 Å². The van der Waals surface area contributed by atoms with Crippen LogP contribution in [0.3, 0.4) is 0 Å².